The number of hydrogen-bond donors (Lipinski definition) is 1. The Balaban J connectivity index is 4.31. The molecule has 0 saturated heterocycles. The van der Waals surface area contributed by atoms with Gasteiger partial charge in [-0.15, -0.1) is 0 Å². The van der Waals surface area contributed by atoms with Crippen molar-refractivity contribution < 1.29 is 19.1 Å². The highest BCUT2D eigenvalue weighted by molar-refractivity contribution is 14.1. The fourth-order valence-electron chi connectivity index (χ4n) is 0.925. The molecular weight excluding hydrogens is 337 g/mol. The topological polar surface area (TPSA) is 64.6 Å². The second kappa shape index (κ2) is 7.03. The number of halogens is 1. The largest absolute Gasteiger partial charge is 0.461 e. The van der Waals surface area contributed by atoms with Gasteiger partial charge in [-0.05, 0) is 34.6 Å². The summed E-state index contributed by atoms with van der Waals surface area (Å²) in [5.41, 5.74) is -0.581. The van der Waals surface area contributed by atoms with Crippen molar-refractivity contribution in [1.82, 2.24) is 5.32 Å². The fourth-order valence-corrected chi connectivity index (χ4v) is 1.50. The zero-order chi connectivity index (χ0) is 13.6. The Morgan fingerprint density at radius 2 is 1.82 bits per heavy atom. The first kappa shape index (κ1) is 16.5. The highest BCUT2D eigenvalue weighted by Crippen LogP contribution is 2.07. The molecule has 0 fully saturated rings. The summed E-state index contributed by atoms with van der Waals surface area (Å²) in [6, 6.07) is -0.673. The quantitative estimate of drug-likeness (QED) is 0.476. The molecule has 0 bridgehead atoms. The van der Waals surface area contributed by atoms with Crippen LogP contribution in [0.3, 0.4) is 0 Å². The molecule has 1 N–H and O–H groups in total. The van der Waals surface area contributed by atoms with Crippen LogP contribution in [0, 0.1) is 0 Å². The standard InChI is InChI=1S/C11H20INO4/c1-7(2)16-9(14)8(6-12)13-10(15)17-11(3,4)5/h7-8H,6H2,1-5H3,(H,13,15). The van der Waals surface area contributed by atoms with E-state index in [9.17, 15) is 9.59 Å². The molecule has 1 unspecified atom stereocenters. The van der Waals surface area contributed by atoms with E-state index in [1.165, 1.54) is 0 Å². The lowest BCUT2D eigenvalue weighted by atomic mass is 10.2. The van der Waals surface area contributed by atoms with E-state index < -0.39 is 23.7 Å². The van der Waals surface area contributed by atoms with Crippen molar-refractivity contribution in [2.45, 2.75) is 52.4 Å². The zero-order valence-corrected chi connectivity index (χ0v) is 13.0. The molecule has 0 saturated carbocycles. The molecule has 5 nitrogen and oxygen atoms in total. The third kappa shape index (κ3) is 8.23. The highest BCUT2D eigenvalue weighted by Gasteiger charge is 2.25. The summed E-state index contributed by atoms with van der Waals surface area (Å²) in [6.45, 7) is 8.81. The molecule has 0 aromatic carbocycles. The van der Waals surface area contributed by atoms with Crippen LogP contribution < -0.4 is 5.32 Å². The van der Waals surface area contributed by atoms with Gasteiger partial charge in [0, 0.05) is 4.43 Å². The molecule has 0 heterocycles. The van der Waals surface area contributed by atoms with Gasteiger partial charge in [-0.2, -0.15) is 0 Å². The summed E-state index contributed by atoms with van der Waals surface area (Å²) in [6.07, 6.45) is -0.812. The molecule has 0 aromatic rings. The molecule has 0 radical (unpaired) electrons. The highest BCUT2D eigenvalue weighted by atomic mass is 127. The number of rotatable bonds is 4. The Morgan fingerprint density at radius 3 is 2.18 bits per heavy atom. The fraction of sp³-hybridized carbons (Fsp3) is 0.818. The number of carbonyl (C=O) groups is 2. The minimum atomic E-state index is -0.673. The van der Waals surface area contributed by atoms with E-state index in [-0.39, 0.29) is 6.10 Å². The van der Waals surface area contributed by atoms with E-state index >= 15 is 0 Å². The van der Waals surface area contributed by atoms with E-state index in [2.05, 4.69) is 5.32 Å². The van der Waals surface area contributed by atoms with Gasteiger partial charge in [0.15, 0.2) is 0 Å². The molecule has 1 atom stereocenters. The van der Waals surface area contributed by atoms with Crippen LogP contribution in [0.2, 0.25) is 0 Å². The summed E-state index contributed by atoms with van der Waals surface area (Å²) < 4.78 is 10.5. The van der Waals surface area contributed by atoms with Crippen LogP contribution in [-0.4, -0.2) is 34.2 Å². The summed E-state index contributed by atoms with van der Waals surface area (Å²) in [5.74, 6) is -0.444. The number of nitrogens with one attached hydrogen (secondary N) is 1. The van der Waals surface area contributed by atoms with Gasteiger partial charge in [-0.25, -0.2) is 9.59 Å². The van der Waals surface area contributed by atoms with Gasteiger partial charge < -0.3 is 14.8 Å². The maximum atomic E-state index is 11.6. The molecule has 0 spiro atoms. The van der Waals surface area contributed by atoms with Crippen molar-refractivity contribution in [3.05, 3.63) is 0 Å². The molecule has 17 heavy (non-hydrogen) atoms. The number of esters is 1. The normalized spacial score (nSPS) is 13.1. The smallest absolute Gasteiger partial charge is 0.408 e. The number of amides is 1. The molecule has 6 heteroatoms. The third-order valence-electron chi connectivity index (χ3n) is 1.48. The van der Waals surface area contributed by atoms with Crippen LogP contribution in [-0.2, 0) is 14.3 Å². The number of alkyl halides is 1. The second-order valence-corrected chi connectivity index (χ2v) is 5.72. The van der Waals surface area contributed by atoms with Crippen molar-refractivity contribution in [3.8, 4) is 0 Å². The molecule has 0 aliphatic rings. The minimum Gasteiger partial charge on any atom is -0.461 e. The van der Waals surface area contributed by atoms with Crippen molar-refractivity contribution in [2.24, 2.45) is 0 Å². The number of hydrogen-bond acceptors (Lipinski definition) is 4. The van der Waals surface area contributed by atoms with E-state index in [1.54, 1.807) is 34.6 Å². The van der Waals surface area contributed by atoms with Crippen LogP contribution in [0.25, 0.3) is 0 Å². The molecule has 0 aliphatic carbocycles. The van der Waals surface area contributed by atoms with E-state index in [4.69, 9.17) is 9.47 Å². The lowest BCUT2D eigenvalue weighted by Gasteiger charge is -2.22. The Bertz CT molecular complexity index is 273. The van der Waals surface area contributed by atoms with E-state index in [0.717, 1.165) is 0 Å². The second-order valence-electron chi connectivity index (χ2n) is 4.84. The van der Waals surface area contributed by atoms with E-state index in [0.29, 0.717) is 4.43 Å². The van der Waals surface area contributed by atoms with Crippen molar-refractivity contribution in [3.63, 3.8) is 0 Å². The van der Waals surface area contributed by atoms with Crippen molar-refractivity contribution >= 4 is 34.7 Å². The SMILES string of the molecule is CC(C)OC(=O)C(CI)NC(=O)OC(C)(C)C. The van der Waals surface area contributed by atoms with Gasteiger partial charge in [0.05, 0.1) is 6.10 Å². The number of alkyl carbamates (subject to hydrolysis) is 1. The predicted octanol–water partition coefficient (Wildman–Crippen LogP) is 2.27. The maximum absolute atomic E-state index is 11.6. The average Bonchev–Trinajstić information content (AvgIpc) is 2.09. The summed E-state index contributed by atoms with van der Waals surface area (Å²) >= 11 is 2.01. The number of carbonyl (C=O) groups excluding carboxylic acids is 2. The summed E-state index contributed by atoms with van der Waals surface area (Å²) in [4.78, 5) is 23.1. The van der Waals surface area contributed by atoms with Gasteiger partial charge in [0.1, 0.15) is 11.6 Å². The minimum absolute atomic E-state index is 0.201. The van der Waals surface area contributed by atoms with Gasteiger partial charge in [-0.3, -0.25) is 0 Å². The Kier molecular flexibility index (Phi) is 6.81. The van der Waals surface area contributed by atoms with Crippen molar-refractivity contribution in [1.29, 1.82) is 0 Å². The lowest BCUT2D eigenvalue weighted by molar-refractivity contribution is -0.149. The lowest BCUT2D eigenvalue weighted by Crippen LogP contribution is -2.45. The Morgan fingerprint density at radius 1 is 1.29 bits per heavy atom. The molecule has 100 valence electrons. The van der Waals surface area contributed by atoms with Crippen LogP contribution >= 0.6 is 22.6 Å². The van der Waals surface area contributed by atoms with Crippen LogP contribution in [0.5, 0.6) is 0 Å². The van der Waals surface area contributed by atoms with Crippen LogP contribution in [0.4, 0.5) is 4.79 Å². The van der Waals surface area contributed by atoms with Crippen LogP contribution in [0.1, 0.15) is 34.6 Å². The molecular formula is C11H20INO4. The summed E-state index contributed by atoms with van der Waals surface area (Å²) in [7, 11) is 0. The van der Waals surface area contributed by atoms with Gasteiger partial charge in [-0.1, -0.05) is 22.6 Å². The molecule has 0 aliphatic heterocycles. The summed E-state index contributed by atoms with van der Waals surface area (Å²) in [5, 5.41) is 2.49. The van der Waals surface area contributed by atoms with E-state index in [1.807, 2.05) is 22.6 Å². The first-order valence-corrected chi connectivity index (χ1v) is 6.94. The first-order valence-electron chi connectivity index (χ1n) is 5.41. The zero-order valence-electron chi connectivity index (χ0n) is 10.9. The first-order chi connectivity index (χ1) is 7.65. The molecule has 0 aromatic heterocycles. The Labute approximate surface area is 116 Å². The predicted molar refractivity (Wildman–Crippen MR) is 73.3 cm³/mol. The monoisotopic (exact) mass is 357 g/mol. The van der Waals surface area contributed by atoms with Gasteiger partial charge in [0.25, 0.3) is 0 Å². The van der Waals surface area contributed by atoms with Gasteiger partial charge >= 0.3 is 12.1 Å². The molecule has 0 rings (SSSR count). The molecule has 1 amide bonds. The Hall–Kier alpha value is -0.530. The third-order valence-corrected chi connectivity index (χ3v) is 2.36. The van der Waals surface area contributed by atoms with Crippen molar-refractivity contribution in [2.75, 3.05) is 4.43 Å². The maximum Gasteiger partial charge on any atom is 0.408 e. The number of ether oxygens (including phenoxy) is 2. The average molecular weight is 357 g/mol. The van der Waals surface area contributed by atoms with Gasteiger partial charge in [0.2, 0.25) is 0 Å². The van der Waals surface area contributed by atoms with Crippen LogP contribution in [0.15, 0.2) is 0 Å².